The van der Waals surface area contributed by atoms with Crippen LogP contribution in [0.15, 0.2) is 30.3 Å². The number of benzene rings is 1. The molecule has 2 rings (SSSR count). The van der Waals surface area contributed by atoms with Gasteiger partial charge in [-0.3, -0.25) is 0 Å². The Kier molecular flexibility index (Phi) is 5.23. The number of hydrogen-bond donors (Lipinski definition) is 2. The Hall–Kier alpha value is -1.30. The predicted molar refractivity (Wildman–Crippen MR) is 87.0 cm³/mol. The summed E-state index contributed by atoms with van der Waals surface area (Å²) in [5.74, 6) is 0. The monoisotopic (exact) mass is 334 g/mol. The van der Waals surface area contributed by atoms with E-state index in [2.05, 4.69) is 53.6 Å². The fourth-order valence-electron chi connectivity index (χ4n) is 2.79. The number of aromatic amines is 1. The summed E-state index contributed by atoms with van der Waals surface area (Å²) in [7, 11) is 0. The van der Waals surface area contributed by atoms with Gasteiger partial charge in [-0.1, -0.05) is 0 Å². The van der Waals surface area contributed by atoms with Gasteiger partial charge in [0.1, 0.15) is 0 Å². The molecule has 0 saturated heterocycles. The maximum atomic E-state index is 4.52. The van der Waals surface area contributed by atoms with Crippen molar-refractivity contribution in [2.45, 2.75) is 43.1 Å². The number of anilines is 1. The molecule has 0 aliphatic rings. The second-order valence-corrected chi connectivity index (χ2v) is 16.0. The number of rotatable bonds is 7. The van der Waals surface area contributed by atoms with Gasteiger partial charge in [-0.15, -0.1) is 0 Å². The summed E-state index contributed by atoms with van der Waals surface area (Å²) < 4.78 is 1.31. The van der Waals surface area contributed by atoms with Gasteiger partial charge in [-0.2, -0.15) is 0 Å². The Morgan fingerprint density at radius 3 is 2.25 bits per heavy atom. The minimum atomic E-state index is -2.03. The summed E-state index contributed by atoms with van der Waals surface area (Å²) in [4.78, 5) is 0. The van der Waals surface area contributed by atoms with E-state index in [-0.39, 0.29) is 0 Å². The Morgan fingerprint density at radius 1 is 1.00 bits per heavy atom. The molecule has 0 atom stereocenters. The number of H-pyrrole nitrogens is 1. The summed E-state index contributed by atoms with van der Waals surface area (Å²) in [6, 6.07) is 10.3. The van der Waals surface area contributed by atoms with Gasteiger partial charge in [-0.25, -0.2) is 0 Å². The number of hydrogen-bond acceptors (Lipinski definition) is 3. The summed E-state index contributed by atoms with van der Waals surface area (Å²) >= 11 is -2.03. The second-order valence-electron chi connectivity index (χ2n) is 5.18. The van der Waals surface area contributed by atoms with E-state index in [9.17, 15) is 0 Å². The molecule has 1 aromatic heterocycles. The Labute approximate surface area is 123 Å². The molecule has 0 bridgehead atoms. The number of nitrogens with one attached hydrogen (secondary N) is 2. The summed E-state index contributed by atoms with van der Waals surface area (Å²) in [5, 5.41) is 19.0. The van der Waals surface area contributed by atoms with Crippen LogP contribution in [-0.4, -0.2) is 28.7 Å². The number of para-hydroxylation sites is 1. The van der Waals surface area contributed by atoms with E-state index >= 15 is 0 Å². The van der Waals surface area contributed by atoms with Crippen LogP contribution in [0.5, 0.6) is 0 Å². The Bertz CT molecular complexity index is 511. The van der Waals surface area contributed by atoms with Crippen LogP contribution in [0.4, 0.5) is 5.69 Å². The first kappa shape index (κ1) is 15.1. The van der Waals surface area contributed by atoms with Crippen molar-refractivity contribution < 1.29 is 0 Å². The first-order valence-corrected chi connectivity index (χ1v) is 12.9. The van der Waals surface area contributed by atoms with Gasteiger partial charge in [0.15, 0.2) is 0 Å². The SMILES string of the molecule is C[CH2][Ge]([CH2]C)([CH2]C)[c]1n[nH]nc1CNc1ccccc1. The van der Waals surface area contributed by atoms with E-state index in [0.717, 1.165) is 17.9 Å². The van der Waals surface area contributed by atoms with Gasteiger partial charge in [0.25, 0.3) is 0 Å². The molecule has 0 fully saturated rings. The average molecular weight is 333 g/mol. The Balaban J connectivity index is 2.16. The molecule has 2 aromatic rings. The van der Waals surface area contributed by atoms with Gasteiger partial charge < -0.3 is 0 Å². The van der Waals surface area contributed by atoms with Crippen LogP contribution in [0.1, 0.15) is 26.5 Å². The molecule has 0 unspecified atom stereocenters. The van der Waals surface area contributed by atoms with Crippen LogP contribution in [0.2, 0.25) is 15.8 Å². The third kappa shape index (κ3) is 3.06. The first-order chi connectivity index (χ1) is 9.75. The van der Waals surface area contributed by atoms with Crippen molar-refractivity contribution >= 4 is 23.5 Å². The van der Waals surface area contributed by atoms with Crippen molar-refractivity contribution in [2.75, 3.05) is 5.32 Å². The molecular formula is C15H24GeN4. The van der Waals surface area contributed by atoms with Gasteiger partial charge >= 0.3 is 123 Å². The molecule has 5 heteroatoms. The topological polar surface area (TPSA) is 53.6 Å². The van der Waals surface area contributed by atoms with Crippen LogP contribution < -0.4 is 9.84 Å². The van der Waals surface area contributed by atoms with Crippen LogP contribution >= 0.6 is 0 Å². The third-order valence-corrected chi connectivity index (χ3v) is 15.9. The van der Waals surface area contributed by atoms with Crippen molar-refractivity contribution in [3.05, 3.63) is 36.0 Å². The quantitative estimate of drug-likeness (QED) is 0.766. The van der Waals surface area contributed by atoms with E-state index in [1.807, 2.05) is 18.2 Å². The minimum absolute atomic E-state index is 0.753. The van der Waals surface area contributed by atoms with Gasteiger partial charge in [-0.05, 0) is 0 Å². The molecule has 0 aliphatic carbocycles. The second kappa shape index (κ2) is 6.93. The molecule has 0 radical (unpaired) electrons. The number of aromatic nitrogens is 3. The van der Waals surface area contributed by atoms with Crippen LogP contribution in [0, 0.1) is 0 Å². The molecule has 0 amide bonds. The molecule has 0 aliphatic heterocycles. The van der Waals surface area contributed by atoms with Crippen molar-refractivity contribution in [1.29, 1.82) is 0 Å². The fourth-order valence-corrected chi connectivity index (χ4v) is 10.2. The van der Waals surface area contributed by atoms with Gasteiger partial charge in [0, 0.05) is 0 Å². The van der Waals surface area contributed by atoms with E-state index in [4.69, 9.17) is 0 Å². The first-order valence-electron chi connectivity index (χ1n) is 7.44. The van der Waals surface area contributed by atoms with E-state index < -0.39 is 13.3 Å². The van der Waals surface area contributed by atoms with Crippen molar-refractivity contribution in [1.82, 2.24) is 15.4 Å². The molecule has 2 N–H and O–H groups in total. The summed E-state index contributed by atoms with van der Waals surface area (Å²) in [5.41, 5.74) is 2.24. The fraction of sp³-hybridized carbons (Fsp3) is 0.467. The molecule has 4 nitrogen and oxygen atoms in total. The predicted octanol–water partition coefficient (Wildman–Crippen LogP) is 3.13. The standard InChI is InChI=1S/C15H24GeN4/c1-4-16(5-2,6-3)15-14(18-20-19-15)12-17-13-10-8-7-9-11-13/h7-11,17H,4-6,12H2,1-3H3,(H,18,19,20). The Morgan fingerprint density at radius 2 is 1.65 bits per heavy atom. The van der Waals surface area contributed by atoms with Crippen molar-refractivity contribution in [3.8, 4) is 0 Å². The molecule has 20 heavy (non-hydrogen) atoms. The van der Waals surface area contributed by atoms with Gasteiger partial charge in [0.05, 0.1) is 0 Å². The normalized spacial score (nSPS) is 11.6. The third-order valence-electron chi connectivity index (χ3n) is 4.39. The van der Waals surface area contributed by atoms with Crippen LogP contribution in [0.25, 0.3) is 0 Å². The molecule has 1 heterocycles. The molecule has 108 valence electrons. The molecular weight excluding hydrogens is 309 g/mol. The van der Waals surface area contributed by atoms with Crippen molar-refractivity contribution in [2.24, 2.45) is 0 Å². The maximum absolute atomic E-state index is 4.52. The summed E-state index contributed by atoms with van der Waals surface area (Å²) in [6.45, 7) is 7.70. The molecule has 0 saturated carbocycles. The zero-order valence-corrected chi connectivity index (χ0v) is 14.7. The van der Waals surface area contributed by atoms with Gasteiger partial charge in [0.2, 0.25) is 0 Å². The van der Waals surface area contributed by atoms with E-state index in [0.29, 0.717) is 0 Å². The molecule has 1 aromatic carbocycles. The van der Waals surface area contributed by atoms with Crippen molar-refractivity contribution in [3.63, 3.8) is 0 Å². The van der Waals surface area contributed by atoms with Crippen LogP contribution in [-0.2, 0) is 6.54 Å². The molecule has 0 spiro atoms. The zero-order valence-electron chi connectivity index (χ0n) is 12.6. The van der Waals surface area contributed by atoms with E-state index in [1.54, 1.807) is 0 Å². The zero-order chi connectivity index (χ0) is 14.4. The summed E-state index contributed by atoms with van der Waals surface area (Å²) in [6.07, 6.45) is 0. The van der Waals surface area contributed by atoms with E-state index in [1.165, 1.54) is 20.3 Å². The number of nitrogens with zero attached hydrogens (tertiary/aromatic N) is 2. The average Bonchev–Trinajstić information content (AvgIpc) is 2.98. The van der Waals surface area contributed by atoms with Crippen LogP contribution in [0.3, 0.4) is 0 Å².